The van der Waals surface area contributed by atoms with E-state index in [0.717, 1.165) is 18.8 Å². The Labute approximate surface area is 91.6 Å². The summed E-state index contributed by atoms with van der Waals surface area (Å²) in [6, 6.07) is 6.92. The number of benzene rings is 1. The first kappa shape index (κ1) is 10.5. The van der Waals surface area contributed by atoms with E-state index in [0.29, 0.717) is 12.0 Å². The van der Waals surface area contributed by atoms with Crippen molar-refractivity contribution < 1.29 is 4.74 Å². The van der Waals surface area contributed by atoms with Gasteiger partial charge in [-0.15, -0.1) is 0 Å². The van der Waals surface area contributed by atoms with Crippen LogP contribution < -0.4 is 10.1 Å². The van der Waals surface area contributed by atoms with E-state index in [1.165, 1.54) is 11.1 Å². The van der Waals surface area contributed by atoms with Crippen LogP contribution in [-0.2, 0) is 0 Å². The third kappa shape index (κ3) is 1.86. The van der Waals surface area contributed by atoms with E-state index in [1.807, 2.05) is 7.05 Å². The molecule has 82 valence electrons. The van der Waals surface area contributed by atoms with Crippen molar-refractivity contribution in [2.24, 2.45) is 0 Å². The molecule has 2 heteroatoms. The first-order valence-electron chi connectivity index (χ1n) is 5.67. The molecular formula is C13H19NO. The molecule has 0 saturated carbocycles. The summed E-state index contributed by atoms with van der Waals surface area (Å²) in [7, 11) is 2.02. The summed E-state index contributed by atoms with van der Waals surface area (Å²) in [6.07, 6.45) is 1.06. The molecule has 1 aliphatic rings. The Morgan fingerprint density at radius 2 is 2.20 bits per heavy atom. The predicted octanol–water partition coefficient (Wildman–Crippen LogP) is 2.85. The maximum atomic E-state index is 5.81. The SMILES string of the molecule is CNC1CCOc2c(C(C)C)cccc21. The van der Waals surface area contributed by atoms with Gasteiger partial charge in [0.25, 0.3) is 0 Å². The Morgan fingerprint density at radius 3 is 2.87 bits per heavy atom. The zero-order valence-corrected chi connectivity index (χ0v) is 9.71. The molecular weight excluding hydrogens is 186 g/mol. The van der Waals surface area contributed by atoms with Crippen molar-refractivity contribution >= 4 is 0 Å². The lowest BCUT2D eigenvalue weighted by atomic mass is 9.93. The molecule has 0 aromatic heterocycles. The molecule has 1 aliphatic heterocycles. The van der Waals surface area contributed by atoms with Crippen LogP contribution in [0.4, 0.5) is 0 Å². The fourth-order valence-electron chi connectivity index (χ4n) is 2.20. The number of para-hydroxylation sites is 1. The zero-order valence-electron chi connectivity index (χ0n) is 9.71. The molecule has 2 rings (SSSR count). The fourth-order valence-corrected chi connectivity index (χ4v) is 2.20. The van der Waals surface area contributed by atoms with Gasteiger partial charge in [-0.2, -0.15) is 0 Å². The molecule has 15 heavy (non-hydrogen) atoms. The highest BCUT2D eigenvalue weighted by atomic mass is 16.5. The van der Waals surface area contributed by atoms with Gasteiger partial charge in [0.15, 0.2) is 0 Å². The second kappa shape index (κ2) is 4.23. The fraction of sp³-hybridized carbons (Fsp3) is 0.538. The summed E-state index contributed by atoms with van der Waals surface area (Å²) in [4.78, 5) is 0. The van der Waals surface area contributed by atoms with Crippen molar-refractivity contribution in [3.8, 4) is 5.75 Å². The molecule has 1 heterocycles. The molecule has 1 unspecified atom stereocenters. The second-order valence-corrected chi connectivity index (χ2v) is 4.40. The zero-order chi connectivity index (χ0) is 10.8. The van der Waals surface area contributed by atoms with E-state index < -0.39 is 0 Å². The highest BCUT2D eigenvalue weighted by molar-refractivity contribution is 5.46. The van der Waals surface area contributed by atoms with E-state index in [-0.39, 0.29) is 0 Å². The highest BCUT2D eigenvalue weighted by Crippen LogP contribution is 2.37. The predicted molar refractivity (Wildman–Crippen MR) is 62.4 cm³/mol. The van der Waals surface area contributed by atoms with E-state index in [9.17, 15) is 0 Å². The summed E-state index contributed by atoms with van der Waals surface area (Å²) in [5.41, 5.74) is 2.64. The lowest BCUT2D eigenvalue weighted by Gasteiger charge is -2.28. The van der Waals surface area contributed by atoms with Gasteiger partial charge in [0.1, 0.15) is 5.75 Å². The lowest BCUT2D eigenvalue weighted by Crippen LogP contribution is -2.24. The van der Waals surface area contributed by atoms with Crippen molar-refractivity contribution in [2.75, 3.05) is 13.7 Å². The van der Waals surface area contributed by atoms with Crippen molar-refractivity contribution in [3.63, 3.8) is 0 Å². The molecule has 0 saturated heterocycles. The van der Waals surface area contributed by atoms with Crippen LogP contribution in [0.1, 0.15) is 43.4 Å². The van der Waals surface area contributed by atoms with Crippen molar-refractivity contribution in [1.82, 2.24) is 5.32 Å². The van der Waals surface area contributed by atoms with Gasteiger partial charge in [-0.3, -0.25) is 0 Å². The second-order valence-electron chi connectivity index (χ2n) is 4.40. The molecule has 0 amide bonds. The quantitative estimate of drug-likeness (QED) is 0.801. The van der Waals surface area contributed by atoms with Crippen LogP contribution in [0.5, 0.6) is 5.75 Å². The molecule has 0 fully saturated rings. The Morgan fingerprint density at radius 1 is 1.40 bits per heavy atom. The molecule has 1 N–H and O–H groups in total. The van der Waals surface area contributed by atoms with E-state index in [4.69, 9.17) is 4.74 Å². The summed E-state index contributed by atoms with van der Waals surface area (Å²) < 4.78 is 5.81. The molecule has 1 aromatic rings. The molecule has 1 aromatic carbocycles. The number of hydrogen-bond acceptors (Lipinski definition) is 2. The first-order valence-corrected chi connectivity index (χ1v) is 5.67. The minimum atomic E-state index is 0.451. The maximum absolute atomic E-state index is 5.81. The third-order valence-electron chi connectivity index (χ3n) is 3.07. The van der Waals surface area contributed by atoms with Crippen LogP contribution in [0.3, 0.4) is 0 Å². The number of ether oxygens (including phenoxy) is 1. The standard InChI is InChI=1S/C13H19NO/c1-9(2)10-5-4-6-11-12(14-3)7-8-15-13(10)11/h4-6,9,12,14H,7-8H2,1-3H3. The summed E-state index contributed by atoms with van der Waals surface area (Å²) in [5, 5.41) is 3.35. The number of hydrogen-bond donors (Lipinski definition) is 1. The topological polar surface area (TPSA) is 21.3 Å². The Balaban J connectivity index is 2.46. The van der Waals surface area contributed by atoms with Crippen LogP contribution in [0.2, 0.25) is 0 Å². The molecule has 0 spiro atoms. The van der Waals surface area contributed by atoms with Gasteiger partial charge in [-0.1, -0.05) is 32.0 Å². The Hall–Kier alpha value is -1.02. The van der Waals surface area contributed by atoms with Crippen LogP contribution in [0.15, 0.2) is 18.2 Å². The molecule has 0 aliphatic carbocycles. The average molecular weight is 205 g/mol. The van der Waals surface area contributed by atoms with Crippen LogP contribution in [0, 0.1) is 0 Å². The van der Waals surface area contributed by atoms with Gasteiger partial charge in [-0.05, 0) is 18.5 Å². The van der Waals surface area contributed by atoms with E-state index in [2.05, 4.69) is 37.4 Å². The summed E-state index contributed by atoms with van der Waals surface area (Å²) in [5.74, 6) is 1.63. The smallest absolute Gasteiger partial charge is 0.127 e. The van der Waals surface area contributed by atoms with Crippen LogP contribution in [0.25, 0.3) is 0 Å². The van der Waals surface area contributed by atoms with Gasteiger partial charge >= 0.3 is 0 Å². The number of fused-ring (bicyclic) bond motifs is 1. The Bertz CT molecular complexity index is 346. The number of nitrogens with one attached hydrogen (secondary N) is 1. The van der Waals surface area contributed by atoms with Crippen LogP contribution in [-0.4, -0.2) is 13.7 Å². The lowest BCUT2D eigenvalue weighted by molar-refractivity contribution is 0.254. The molecule has 1 atom stereocenters. The van der Waals surface area contributed by atoms with Crippen LogP contribution >= 0.6 is 0 Å². The largest absolute Gasteiger partial charge is 0.493 e. The first-order chi connectivity index (χ1) is 7.24. The van der Waals surface area contributed by atoms with Crippen molar-refractivity contribution in [1.29, 1.82) is 0 Å². The molecule has 0 radical (unpaired) electrons. The monoisotopic (exact) mass is 205 g/mol. The molecule has 2 nitrogen and oxygen atoms in total. The van der Waals surface area contributed by atoms with Crippen molar-refractivity contribution in [3.05, 3.63) is 29.3 Å². The third-order valence-corrected chi connectivity index (χ3v) is 3.07. The molecule has 0 bridgehead atoms. The normalized spacial score (nSPS) is 19.9. The Kier molecular flexibility index (Phi) is 2.96. The van der Waals surface area contributed by atoms with Gasteiger partial charge in [0.2, 0.25) is 0 Å². The average Bonchev–Trinajstić information content (AvgIpc) is 2.27. The minimum Gasteiger partial charge on any atom is -0.493 e. The maximum Gasteiger partial charge on any atom is 0.127 e. The van der Waals surface area contributed by atoms with Gasteiger partial charge in [0, 0.05) is 18.0 Å². The van der Waals surface area contributed by atoms with Gasteiger partial charge < -0.3 is 10.1 Å². The van der Waals surface area contributed by atoms with Gasteiger partial charge in [0.05, 0.1) is 6.61 Å². The summed E-state index contributed by atoms with van der Waals surface area (Å²) >= 11 is 0. The van der Waals surface area contributed by atoms with E-state index in [1.54, 1.807) is 0 Å². The van der Waals surface area contributed by atoms with E-state index >= 15 is 0 Å². The minimum absolute atomic E-state index is 0.451. The number of rotatable bonds is 2. The van der Waals surface area contributed by atoms with Gasteiger partial charge in [-0.25, -0.2) is 0 Å². The summed E-state index contributed by atoms with van der Waals surface area (Å²) in [6.45, 7) is 5.24. The van der Waals surface area contributed by atoms with Crippen molar-refractivity contribution in [2.45, 2.75) is 32.2 Å². The highest BCUT2D eigenvalue weighted by Gasteiger charge is 2.22.